The number of nitrogens with one attached hydrogen (secondary N) is 1. The van der Waals surface area contributed by atoms with Crippen LogP contribution in [-0.4, -0.2) is 41.8 Å². The summed E-state index contributed by atoms with van der Waals surface area (Å²) in [5.74, 6) is -0.575. The molecule has 0 fully saturated rings. The van der Waals surface area contributed by atoms with Gasteiger partial charge in [-0.25, -0.2) is 17.9 Å². The maximum Gasteiger partial charge on any atom is 0.337 e. The number of rotatable bonds is 7. The van der Waals surface area contributed by atoms with E-state index in [0.29, 0.717) is 13.0 Å². The summed E-state index contributed by atoms with van der Waals surface area (Å²) >= 11 is 0. The second kappa shape index (κ2) is 7.22. The summed E-state index contributed by atoms with van der Waals surface area (Å²) in [5, 5.41) is 0. The Kier molecular flexibility index (Phi) is 5.93. The number of carbonyl (C=O) groups excluding carboxylic acids is 1. The van der Waals surface area contributed by atoms with Crippen LogP contribution in [-0.2, 0) is 19.5 Å². The molecule has 0 atom stereocenters. The molecular weight excluding hydrogens is 284 g/mol. The molecule has 1 rings (SSSR count). The number of sulfonamides is 1. The highest BCUT2D eigenvalue weighted by Gasteiger charge is 2.18. The Balaban J connectivity index is 2.88. The standard InChI is InChI=1S/C12H18N2O5S/c1-18-7-3-6-14-20(16,17)11-5-4-9(8-10(11)13)12(15)19-2/h4-5,8,14H,3,6-7,13H2,1-2H3. The Morgan fingerprint density at radius 2 is 2.05 bits per heavy atom. The van der Waals surface area contributed by atoms with Gasteiger partial charge in [-0.3, -0.25) is 0 Å². The van der Waals surface area contributed by atoms with Crippen LogP contribution in [0.3, 0.4) is 0 Å². The molecule has 7 nitrogen and oxygen atoms in total. The van der Waals surface area contributed by atoms with Crippen LogP contribution in [0.15, 0.2) is 23.1 Å². The van der Waals surface area contributed by atoms with Gasteiger partial charge in [0.15, 0.2) is 0 Å². The van der Waals surface area contributed by atoms with Gasteiger partial charge in [-0.15, -0.1) is 0 Å². The fraction of sp³-hybridized carbons (Fsp3) is 0.417. The second-order valence-electron chi connectivity index (χ2n) is 3.99. The van der Waals surface area contributed by atoms with Gasteiger partial charge in [-0.1, -0.05) is 0 Å². The molecule has 0 radical (unpaired) electrons. The summed E-state index contributed by atoms with van der Waals surface area (Å²) in [4.78, 5) is 11.2. The van der Waals surface area contributed by atoms with E-state index in [9.17, 15) is 13.2 Å². The summed E-state index contributed by atoms with van der Waals surface area (Å²) in [6, 6.07) is 3.90. The van der Waals surface area contributed by atoms with Gasteiger partial charge in [0.25, 0.3) is 0 Å². The lowest BCUT2D eigenvalue weighted by Gasteiger charge is -2.10. The molecule has 0 aliphatic rings. The average molecular weight is 302 g/mol. The smallest absolute Gasteiger partial charge is 0.337 e. The van der Waals surface area contributed by atoms with Crippen LogP contribution < -0.4 is 10.5 Å². The first kappa shape index (κ1) is 16.4. The summed E-state index contributed by atoms with van der Waals surface area (Å²) in [6.07, 6.45) is 0.551. The van der Waals surface area contributed by atoms with Crippen LogP contribution in [0.25, 0.3) is 0 Å². The van der Waals surface area contributed by atoms with Crippen LogP contribution in [0.2, 0.25) is 0 Å². The Bertz CT molecular complexity index is 571. The fourth-order valence-corrected chi connectivity index (χ4v) is 2.72. The zero-order chi connectivity index (χ0) is 15.2. The predicted octanol–water partition coefficient (Wildman–Crippen LogP) is 0.370. The molecule has 0 amide bonds. The van der Waals surface area contributed by atoms with Crippen molar-refractivity contribution < 1.29 is 22.7 Å². The Labute approximate surface area is 118 Å². The summed E-state index contributed by atoms with van der Waals surface area (Å²) in [7, 11) is -0.927. The van der Waals surface area contributed by atoms with Crippen LogP contribution in [0.1, 0.15) is 16.8 Å². The number of hydrogen-bond acceptors (Lipinski definition) is 6. The van der Waals surface area contributed by atoms with E-state index < -0.39 is 16.0 Å². The minimum Gasteiger partial charge on any atom is -0.465 e. The number of ether oxygens (including phenoxy) is 2. The lowest BCUT2D eigenvalue weighted by Crippen LogP contribution is -2.26. The van der Waals surface area contributed by atoms with Crippen LogP contribution in [0.5, 0.6) is 0 Å². The summed E-state index contributed by atoms with van der Waals surface area (Å²) in [6.45, 7) is 0.702. The minimum absolute atomic E-state index is 0.00728. The van der Waals surface area contributed by atoms with Crippen molar-refractivity contribution in [1.82, 2.24) is 4.72 Å². The van der Waals surface area contributed by atoms with Crippen molar-refractivity contribution >= 4 is 21.7 Å². The Morgan fingerprint density at radius 3 is 2.60 bits per heavy atom. The molecule has 20 heavy (non-hydrogen) atoms. The minimum atomic E-state index is -3.70. The highest BCUT2D eigenvalue weighted by Crippen LogP contribution is 2.20. The van der Waals surface area contributed by atoms with Gasteiger partial charge >= 0.3 is 5.97 Å². The highest BCUT2D eigenvalue weighted by atomic mass is 32.2. The van der Waals surface area contributed by atoms with E-state index >= 15 is 0 Å². The maximum absolute atomic E-state index is 12.0. The average Bonchev–Trinajstić information content (AvgIpc) is 2.42. The van der Waals surface area contributed by atoms with Gasteiger partial charge in [0.05, 0.1) is 18.4 Å². The van der Waals surface area contributed by atoms with Crippen molar-refractivity contribution in [2.24, 2.45) is 0 Å². The number of hydrogen-bond donors (Lipinski definition) is 2. The van der Waals surface area contributed by atoms with E-state index in [0.717, 1.165) is 0 Å². The Hall–Kier alpha value is -1.64. The topological polar surface area (TPSA) is 108 Å². The van der Waals surface area contributed by atoms with E-state index in [1.165, 1.54) is 32.4 Å². The van der Waals surface area contributed by atoms with E-state index in [4.69, 9.17) is 10.5 Å². The zero-order valence-electron chi connectivity index (χ0n) is 11.4. The lowest BCUT2D eigenvalue weighted by molar-refractivity contribution is 0.0600. The van der Waals surface area contributed by atoms with E-state index in [2.05, 4.69) is 9.46 Å². The normalized spacial score (nSPS) is 11.3. The third kappa shape index (κ3) is 4.19. The fourth-order valence-electron chi connectivity index (χ4n) is 1.54. The summed E-state index contributed by atoms with van der Waals surface area (Å²) < 4.78 is 35.8. The van der Waals surface area contributed by atoms with Gasteiger partial charge in [-0.2, -0.15) is 0 Å². The molecule has 0 aliphatic heterocycles. The molecule has 1 aromatic rings. The molecule has 1 aromatic carbocycles. The third-order valence-corrected chi connectivity index (χ3v) is 4.07. The second-order valence-corrected chi connectivity index (χ2v) is 5.72. The molecule has 0 saturated heterocycles. The molecule has 0 saturated carbocycles. The SMILES string of the molecule is COCCCNS(=O)(=O)c1ccc(C(=O)OC)cc1N. The number of esters is 1. The molecule has 0 aliphatic carbocycles. The van der Waals surface area contributed by atoms with Crippen molar-refractivity contribution in [2.75, 3.05) is 33.1 Å². The van der Waals surface area contributed by atoms with E-state index in [1.54, 1.807) is 0 Å². The number of benzene rings is 1. The van der Waals surface area contributed by atoms with E-state index in [-0.39, 0.29) is 22.7 Å². The molecule has 0 aromatic heterocycles. The van der Waals surface area contributed by atoms with Gasteiger partial charge < -0.3 is 15.2 Å². The first-order valence-electron chi connectivity index (χ1n) is 5.89. The lowest BCUT2D eigenvalue weighted by atomic mass is 10.2. The zero-order valence-corrected chi connectivity index (χ0v) is 12.2. The monoisotopic (exact) mass is 302 g/mol. The molecular formula is C12H18N2O5S. The van der Waals surface area contributed by atoms with Gasteiger partial charge in [0.2, 0.25) is 10.0 Å². The number of nitrogens with two attached hydrogens (primary N) is 1. The number of nitrogen functional groups attached to an aromatic ring is 1. The van der Waals surface area contributed by atoms with E-state index in [1.807, 2.05) is 0 Å². The van der Waals surface area contributed by atoms with Crippen molar-refractivity contribution in [3.05, 3.63) is 23.8 Å². The van der Waals surface area contributed by atoms with Crippen molar-refractivity contribution in [1.29, 1.82) is 0 Å². The summed E-state index contributed by atoms with van der Waals surface area (Å²) in [5.41, 5.74) is 5.87. The molecule has 112 valence electrons. The van der Waals surface area contributed by atoms with Crippen LogP contribution in [0, 0.1) is 0 Å². The molecule has 0 spiro atoms. The molecule has 0 heterocycles. The van der Waals surface area contributed by atoms with Crippen molar-refractivity contribution in [3.8, 4) is 0 Å². The highest BCUT2D eigenvalue weighted by molar-refractivity contribution is 7.89. The Morgan fingerprint density at radius 1 is 1.35 bits per heavy atom. The number of carbonyl (C=O) groups is 1. The first-order chi connectivity index (χ1) is 9.42. The van der Waals surface area contributed by atoms with Crippen LogP contribution in [0.4, 0.5) is 5.69 Å². The quantitative estimate of drug-likeness (QED) is 0.428. The van der Waals surface area contributed by atoms with Crippen LogP contribution >= 0.6 is 0 Å². The molecule has 3 N–H and O–H groups in total. The number of methoxy groups -OCH3 is 2. The molecule has 0 bridgehead atoms. The number of anilines is 1. The van der Waals surface area contributed by atoms with Gasteiger partial charge in [-0.05, 0) is 24.6 Å². The van der Waals surface area contributed by atoms with Crippen molar-refractivity contribution in [3.63, 3.8) is 0 Å². The van der Waals surface area contributed by atoms with Gasteiger partial charge in [0.1, 0.15) is 4.90 Å². The van der Waals surface area contributed by atoms with Gasteiger partial charge in [0, 0.05) is 20.3 Å². The largest absolute Gasteiger partial charge is 0.465 e. The molecule has 8 heteroatoms. The third-order valence-electron chi connectivity index (χ3n) is 2.54. The first-order valence-corrected chi connectivity index (χ1v) is 7.37. The maximum atomic E-state index is 12.0. The predicted molar refractivity (Wildman–Crippen MR) is 73.9 cm³/mol. The molecule has 0 unspecified atom stereocenters. The van der Waals surface area contributed by atoms with Crippen molar-refractivity contribution in [2.45, 2.75) is 11.3 Å².